The van der Waals surface area contributed by atoms with E-state index in [0.717, 1.165) is 6.42 Å². The first-order valence-corrected chi connectivity index (χ1v) is 8.05. The third-order valence-corrected chi connectivity index (χ3v) is 4.89. The van der Waals surface area contributed by atoms with Crippen LogP contribution in [0, 0.1) is 5.41 Å². The van der Waals surface area contributed by atoms with Crippen molar-refractivity contribution in [2.45, 2.75) is 59.4 Å². The average molecular weight is 285 g/mol. The van der Waals surface area contributed by atoms with Crippen molar-refractivity contribution in [3.63, 3.8) is 0 Å². The lowest BCUT2D eigenvalue weighted by molar-refractivity contribution is -0.764. The van der Waals surface area contributed by atoms with Gasteiger partial charge in [0.1, 0.15) is 23.6 Å². The Morgan fingerprint density at radius 1 is 1.00 bits per heavy atom. The summed E-state index contributed by atoms with van der Waals surface area (Å²) in [6, 6.07) is 10.5. The average Bonchev–Trinajstić information content (AvgIpc) is 2.98. The summed E-state index contributed by atoms with van der Waals surface area (Å²) in [5, 5.41) is 0. The standard InChI is InChI=1S/C19H29N2/c1-6-18(3,4)15-19(5,7-2)21-14-13-20(16-21)17-11-9-8-10-12-17/h8-14,16H,6-7,15H2,1-5H3/q+1. The zero-order chi connectivity index (χ0) is 15.5. The first-order valence-electron chi connectivity index (χ1n) is 8.05. The van der Waals surface area contributed by atoms with Crippen molar-refractivity contribution in [3.8, 4) is 5.69 Å². The van der Waals surface area contributed by atoms with Crippen molar-refractivity contribution >= 4 is 0 Å². The van der Waals surface area contributed by atoms with Gasteiger partial charge >= 0.3 is 0 Å². The van der Waals surface area contributed by atoms with Gasteiger partial charge in [-0.05, 0) is 37.3 Å². The predicted octanol–water partition coefficient (Wildman–Crippen LogP) is 4.72. The van der Waals surface area contributed by atoms with Gasteiger partial charge in [-0.3, -0.25) is 0 Å². The maximum Gasteiger partial charge on any atom is 0.249 e. The Bertz CT molecular complexity index is 568. The fourth-order valence-corrected chi connectivity index (χ4v) is 2.98. The lowest BCUT2D eigenvalue weighted by Crippen LogP contribution is -2.54. The largest absolute Gasteiger partial charge is 0.249 e. The molecule has 0 radical (unpaired) electrons. The summed E-state index contributed by atoms with van der Waals surface area (Å²) < 4.78 is 4.59. The topological polar surface area (TPSA) is 8.81 Å². The number of nitrogens with zero attached hydrogens (tertiary/aromatic N) is 2. The molecule has 1 atom stereocenters. The predicted molar refractivity (Wildman–Crippen MR) is 88.6 cm³/mol. The molecule has 2 heteroatoms. The first kappa shape index (κ1) is 15.8. The number of imidazole rings is 1. The third kappa shape index (κ3) is 3.55. The van der Waals surface area contributed by atoms with Crippen LogP contribution in [0.4, 0.5) is 0 Å². The van der Waals surface area contributed by atoms with E-state index < -0.39 is 0 Å². The Hall–Kier alpha value is -1.57. The molecular formula is C19H29N2+. The molecule has 0 saturated carbocycles. The van der Waals surface area contributed by atoms with E-state index >= 15 is 0 Å². The highest BCUT2D eigenvalue weighted by molar-refractivity contribution is 5.30. The molecule has 0 aliphatic carbocycles. The minimum atomic E-state index is 0.166. The fourth-order valence-electron chi connectivity index (χ4n) is 2.98. The summed E-state index contributed by atoms with van der Waals surface area (Å²) in [6.45, 7) is 11.7. The smallest absolute Gasteiger partial charge is 0.231 e. The SMILES string of the molecule is CCC(C)(C)CC(C)(CC)[n+]1ccn(-c2ccccc2)c1. The van der Waals surface area contributed by atoms with Gasteiger partial charge in [-0.1, -0.05) is 52.3 Å². The molecule has 0 aliphatic heterocycles. The number of para-hydroxylation sites is 1. The second-order valence-corrected chi connectivity index (χ2v) is 7.11. The van der Waals surface area contributed by atoms with Crippen LogP contribution in [0.15, 0.2) is 49.1 Å². The monoisotopic (exact) mass is 285 g/mol. The molecule has 2 nitrogen and oxygen atoms in total. The number of benzene rings is 1. The van der Waals surface area contributed by atoms with Crippen molar-refractivity contribution in [2.24, 2.45) is 5.41 Å². The molecule has 1 unspecified atom stereocenters. The second-order valence-electron chi connectivity index (χ2n) is 7.11. The van der Waals surface area contributed by atoms with Gasteiger partial charge in [-0.2, -0.15) is 0 Å². The molecule has 0 amide bonds. The molecule has 0 N–H and O–H groups in total. The number of hydrogen-bond acceptors (Lipinski definition) is 0. The maximum atomic E-state index is 2.39. The lowest BCUT2D eigenvalue weighted by Gasteiger charge is -2.34. The summed E-state index contributed by atoms with van der Waals surface area (Å²) in [4.78, 5) is 0. The van der Waals surface area contributed by atoms with Crippen molar-refractivity contribution < 1.29 is 4.57 Å². The van der Waals surface area contributed by atoms with Crippen LogP contribution < -0.4 is 4.57 Å². The molecule has 0 bridgehead atoms. The Labute approximate surface area is 129 Å². The highest BCUT2D eigenvalue weighted by Gasteiger charge is 2.35. The van der Waals surface area contributed by atoms with E-state index in [-0.39, 0.29) is 5.54 Å². The van der Waals surface area contributed by atoms with Crippen molar-refractivity contribution in [1.29, 1.82) is 0 Å². The lowest BCUT2D eigenvalue weighted by atomic mass is 9.76. The Kier molecular flexibility index (Phi) is 4.55. The molecule has 21 heavy (non-hydrogen) atoms. The highest BCUT2D eigenvalue weighted by atomic mass is 15.2. The summed E-state index contributed by atoms with van der Waals surface area (Å²) in [5.41, 5.74) is 1.75. The van der Waals surface area contributed by atoms with E-state index in [9.17, 15) is 0 Å². The van der Waals surface area contributed by atoms with E-state index in [1.165, 1.54) is 18.5 Å². The minimum absolute atomic E-state index is 0.166. The van der Waals surface area contributed by atoms with Gasteiger partial charge in [-0.15, -0.1) is 0 Å². The van der Waals surface area contributed by atoms with Gasteiger partial charge < -0.3 is 0 Å². The highest BCUT2D eigenvalue weighted by Crippen LogP contribution is 2.34. The van der Waals surface area contributed by atoms with E-state index in [1.807, 2.05) is 0 Å². The molecule has 2 rings (SSSR count). The van der Waals surface area contributed by atoms with Crippen LogP contribution in [-0.4, -0.2) is 4.57 Å². The van der Waals surface area contributed by atoms with Gasteiger partial charge in [0, 0.05) is 0 Å². The molecular weight excluding hydrogens is 256 g/mol. The van der Waals surface area contributed by atoms with Crippen molar-refractivity contribution in [2.75, 3.05) is 0 Å². The normalized spacial score (nSPS) is 14.9. The molecule has 114 valence electrons. The van der Waals surface area contributed by atoms with Crippen LogP contribution >= 0.6 is 0 Å². The van der Waals surface area contributed by atoms with Gasteiger partial charge in [-0.25, -0.2) is 9.13 Å². The summed E-state index contributed by atoms with van der Waals surface area (Å²) >= 11 is 0. The fraction of sp³-hybridized carbons (Fsp3) is 0.526. The molecule has 1 heterocycles. The Balaban J connectivity index is 2.30. The zero-order valence-electron chi connectivity index (χ0n) is 14.1. The summed E-state index contributed by atoms with van der Waals surface area (Å²) in [5.74, 6) is 0. The summed E-state index contributed by atoms with van der Waals surface area (Å²) in [7, 11) is 0. The van der Waals surface area contributed by atoms with E-state index in [2.05, 4.69) is 92.8 Å². The zero-order valence-corrected chi connectivity index (χ0v) is 14.1. The number of hydrogen-bond donors (Lipinski definition) is 0. The van der Waals surface area contributed by atoms with Crippen molar-refractivity contribution in [3.05, 3.63) is 49.1 Å². The van der Waals surface area contributed by atoms with Crippen molar-refractivity contribution in [1.82, 2.24) is 4.57 Å². The first-order chi connectivity index (χ1) is 9.90. The van der Waals surface area contributed by atoms with Crippen LogP contribution in [0.25, 0.3) is 5.69 Å². The molecule has 2 aromatic rings. The second kappa shape index (κ2) is 6.05. The van der Waals surface area contributed by atoms with Gasteiger partial charge in [0.15, 0.2) is 0 Å². The Morgan fingerprint density at radius 2 is 1.67 bits per heavy atom. The molecule has 1 aromatic carbocycles. The third-order valence-electron chi connectivity index (χ3n) is 4.89. The molecule has 0 spiro atoms. The van der Waals surface area contributed by atoms with E-state index in [4.69, 9.17) is 0 Å². The molecule has 1 aromatic heterocycles. The number of rotatable bonds is 6. The van der Waals surface area contributed by atoms with E-state index in [1.54, 1.807) is 0 Å². The quantitative estimate of drug-likeness (QED) is 0.679. The van der Waals surface area contributed by atoms with Crippen LogP contribution in [0.1, 0.15) is 53.9 Å². The molecule has 0 aliphatic rings. The van der Waals surface area contributed by atoms with Gasteiger partial charge in [0.25, 0.3) is 0 Å². The molecule has 0 fully saturated rings. The van der Waals surface area contributed by atoms with E-state index in [0.29, 0.717) is 5.41 Å². The minimum Gasteiger partial charge on any atom is -0.231 e. The van der Waals surface area contributed by atoms with Crippen LogP contribution in [0.2, 0.25) is 0 Å². The molecule has 0 saturated heterocycles. The van der Waals surface area contributed by atoms with Crippen LogP contribution in [-0.2, 0) is 5.54 Å². The van der Waals surface area contributed by atoms with Gasteiger partial charge in [0.2, 0.25) is 6.33 Å². The summed E-state index contributed by atoms with van der Waals surface area (Å²) in [6.07, 6.45) is 10.1. The van der Waals surface area contributed by atoms with Gasteiger partial charge in [0.05, 0.1) is 0 Å². The Morgan fingerprint density at radius 3 is 2.24 bits per heavy atom. The maximum absolute atomic E-state index is 2.39. The number of aromatic nitrogens is 2. The van der Waals surface area contributed by atoms with Crippen LogP contribution in [0.3, 0.4) is 0 Å². The van der Waals surface area contributed by atoms with Crippen LogP contribution in [0.5, 0.6) is 0 Å².